The number of halogens is 1. The van der Waals surface area contributed by atoms with Gasteiger partial charge in [-0.3, -0.25) is 14.5 Å². The smallest absolute Gasteiger partial charge is 0.293 e. The quantitative estimate of drug-likeness (QED) is 0.253. The molecule has 4 aromatic carbocycles. The molecule has 5 nitrogen and oxygen atoms in total. The van der Waals surface area contributed by atoms with Crippen LogP contribution in [-0.2, 0) is 11.4 Å². The number of carbonyl (C=O) groups excluding carboxylic acids is 2. The van der Waals surface area contributed by atoms with E-state index in [1.807, 2.05) is 42.5 Å². The van der Waals surface area contributed by atoms with Crippen molar-refractivity contribution in [2.45, 2.75) is 6.61 Å². The largest absolute Gasteiger partial charge is 0.491 e. The van der Waals surface area contributed by atoms with Crippen molar-refractivity contribution in [3.05, 3.63) is 113 Å². The van der Waals surface area contributed by atoms with Crippen LogP contribution in [0.25, 0.3) is 16.8 Å². The van der Waals surface area contributed by atoms with Gasteiger partial charge in [0.05, 0.1) is 11.4 Å². The van der Waals surface area contributed by atoms with Crippen LogP contribution in [-0.4, -0.2) is 29.2 Å². The Labute approximate surface area is 212 Å². The SMILES string of the molecule is O=C1S/C(=C\c2ccc(OCc3ccccc3F)cc2)C(=O)N1CCOc1cccc2ccccc12. The molecule has 7 heteroatoms. The average Bonchev–Trinajstić information content (AvgIpc) is 3.16. The van der Waals surface area contributed by atoms with Crippen molar-refractivity contribution in [2.24, 2.45) is 0 Å². The Hall–Kier alpha value is -4.10. The number of amides is 2. The Balaban J connectivity index is 1.18. The second-order valence-corrected chi connectivity index (χ2v) is 9.10. The number of hydrogen-bond donors (Lipinski definition) is 0. The van der Waals surface area contributed by atoms with Crippen molar-refractivity contribution < 1.29 is 23.5 Å². The van der Waals surface area contributed by atoms with E-state index < -0.39 is 0 Å². The molecule has 0 N–H and O–H groups in total. The number of rotatable bonds is 8. The summed E-state index contributed by atoms with van der Waals surface area (Å²) < 4.78 is 25.3. The van der Waals surface area contributed by atoms with Gasteiger partial charge in [-0.25, -0.2) is 4.39 Å². The summed E-state index contributed by atoms with van der Waals surface area (Å²) in [7, 11) is 0. The Morgan fingerprint density at radius 1 is 0.833 bits per heavy atom. The molecule has 36 heavy (non-hydrogen) atoms. The summed E-state index contributed by atoms with van der Waals surface area (Å²) in [6, 6.07) is 27.2. The number of ether oxygens (including phenoxy) is 2. The number of thioether (sulfide) groups is 1. The monoisotopic (exact) mass is 499 g/mol. The topological polar surface area (TPSA) is 55.8 Å². The predicted molar refractivity (Wildman–Crippen MR) is 139 cm³/mol. The second kappa shape index (κ2) is 10.7. The van der Waals surface area contributed by atoms with Crippen LogP contribution < -0.4 is 9.47 Å². The minimum Gasteiger partial charge on any atom is -0.491 e. The van der Waals surface area contributed by atoms with Crippen LogP contribution in [0.4, 0.5) is 9.18 Å². The third-order valence-corrected chi connectivity index (χ3v) is 6.63. The van der Waals surface area contributed by atoms with E-state index in [0.717, 1.165) is 28.1 Å². The molecule has 1 heterocycles. The lowest BCUT2D eigenvalue weighted by Crippen LogP contribution is -2.32. The Kier molecular flexibility index (Phi) is 7.00. The summed E-state index contributed by atoms with van der Waals surface area (Å²) in [5, 5.41) is 1.72. The van der Waals surface area contributed by atoms with Gasteiger partial charge in [-0.2, -0.15) is 0 Å². The van der Waals surface area contributed by atoms with Gasteiger partial charge in [0.2, 0.25) is 0 Å². The van der Waals surface area contributed by atoms with E-state index in [0.29, 0.717) is 22.0 Å². The van der Waals surface area contributed by atoms with Gasteiger partial charge in [0.25, 0.3) is 11.1 Å². The number of fused-ring (bicyclic) bond motifs is 1. The van der Waals surface area contributed by atoms with E-state index in [1.54, 1.807) is 48.5 Å². The van der Waals surface area contributed by atoms with Crippen LogP contribution >= 0.6 is 11.8 Å². The number of carbonyl (C=O) groups is 2. The second-order valence-electron chi connectivity index (χ2n) is 8.11. The van der Waals surface area contributed by atoms with Crippen LogP contribution in [0.5, 0.6) is 11.5 Å². The third-order valence-electron chi connectivity index (χ3n) is 5.73. The van der Waals surface area contributed by atoms with Crippen molar-refractivity contribution in [3.8, 4) is 11.5 Å². The maximum absolute atomic E-state index is 13.7. The first-order valence-electron chi connectivity index (χ1n) is 11.4. The fraction of sp³-hybridized carbons (Fsp3) is 0.103. The zero-order valence-electron chi connectivity index (χ0n) is 19.2. The number of benzene rings is 4. The molecular formula is C29H22FNO4S. The van der Waals surface area contributed by atoms with Crippen LogP contribution in [0.3, 0.4) is 0 Å². The molecule has 180 valence electrons. The molecule has 0 spiro atoms. The van der Waals surface area contributed by atoms with E-state index in [1.165, 1.54) is 11.0 Å². The molecule has 4 aromatic rings. The molecule has 5 rings (SSSR count). The van der Waals surface area contributed by atoms with Gasteiger partial charge in [-0.15, -0.1) is 0 Å². The molecule has 1 aliphatic heterocycles. The van der Waals surface area contributed by atoms with Gasteiger partial charge < -0.3 is 9.47 Å². The number of nitrogens with zero attached hydrogens (tertiary/aromatic N) is 1. The molecule has 0 aromatic heterocycles. The standard InChI is InChI=1S/C29H22FNO4S/c30-25-10-4-2-7-22(25)19-35-23-14-12-20(13-15-23)18-27-28(32)31(29(33)36-27)16-17-34-26-11-5-8-21-6-1-3-9-24(21)26/h1-15,18H,16-17,19H2/b27-18-. The van der Waals surface area contributed by atoms with Crippen LogP contribution in [0.2, 0.25) is 0 Å². The fourth-order valence-electron chi connectivity index (χ4n) is 3.85. The summed E-state index contributed by atoms with van der Waals surface area (Å²) in [5.74, 6) is 0.640. The lowest BCUT2D eigenvalue weighted by Gasteiger charge is -2.14. The van der Waals surface area contributed by atoms with Gasteiger partial charge >= 0.3 is 0 Å². The summed E-state index contributed by atoms with van der Waals surface area (Å²) >= 11 is 0.909. The van der Waals surface area contributed by atoms with Gasteiger partial charge in [0.1, 0.15) is 30.5 Å². The Bertz CT molecular complexity index is 1450. The summed E-state index contributed by atoms with van der Waals surface area (Å²) in [4.78, 5) is 26.9. The number of imide groups is 1. The van der Waals surface area contributed by atoms with Crippen molar-refractivity contribution in [1.29, 1.82) is 0 Å². The highest BCUT2D eigenvalue weighted by molar-refractivity contribution is 8.18. The van der Waals surface area contributed by atoms with Gasteiger partial charge in [-0.05, 0) is 53.1 Å². The Morgan fingerprint density at radius 3 is 2.42 bits per heavy atom. The number of hydrogen-bond acceptors (Lipinski definition) is 5. The average molecular weight is 500 g/mol. The maximum Gasteiger partial charge on any atom is 0.293 e. The first-order valence-corrected chi connectivity index (χ1v) is 12.2. The molecule has 0 radical (unpaired) electrons. The lowest BCUT2D eigenvalue weighted by molar-refractivity contribution is -0.123. The van der Waals surface area contributed by atoms with Crippen LogP contribution in [0.15, 0.2) is 95.9 Å². The van der Waals surface area contributed by atoms with Crippen molar-refractivity contribution in [3.63, 3.8) is 0 Å². The molecule has 0 aliphatic carbocycles. The lowest BCUT2D eigenvalue weighted by atomic mass is 10.1. The minimum atomic E-state index is -0.341. The highest BCUT2D eigenvalue weighted by atomic mass is 32.2. The minimum absolute atomic E-state index is 0.117. The van der Waals surface area contributed by atoms with E-state index in [-0.39, 0.29) is 36.7 Å². The molecule has 0 saturated carbocycles. The maximum atomic E-state index is 13.7. The molecular weight excluding hydrogens is 477 g/mol. The fourth-order valence-corrected chi connectivity index (χ4v) is 4.71. The van der Waals surface area contributed by atoms with Gasteiger partial charge in [0.15, 0.2) is 0 Å². The molecule has 0 unspecified atom stereocenters. The zero-order chi connectivity index (χ0) is 24.9. The van der Waals surface area contributed by atoms with E-state index >= 15 is 0 Å². The summed E-state index contributed by atoms with van der Waals surface area (Å²) in [6.07, 6.45) is 1.68. The van der Waals surface area contributed by atoms with E-state index in [4.69, 9.17) is 9.47 Å². The third kappa shape index (κ3) is 5.26. The van der Waals surface area contributed by atoms with Crippen molar-refractivity contribution >= 4 is 39.8 Å². The molecule has 1 saturated heterocycles. The van der Waals surface area contributed by atoms with Crippen LogP contribution in [0.1, 0.15) is 11.1 Å². The molecule has 1 aliphatic rings. The summed E-state index contributed by atoms with van der Waals surface area (Å²) in [6.45, 7) is 0.479. The van der Waals surface area contributed by atoms with Gasteiger partial charge in [0, 0.05) is 10.9 Å². The first-order chi connectivity index (χ1) is 17.6. The molecule has 2 amide bonds. The Morgan fingerprint density at radius 2 is 1.58 bits per heavy atom. The predicted octanol–water partition coefficient (Wildman–Crippen LogP) is 6.67. The van der Waals surface area contributed by atoms with E-state index in [9.17, 15) is 14.0 Å². The highest BCUT2D eigenvalue weighted by Crippen LogP contribution is 2.32. The summed E-state index contributed by atoms with van der Waals surface area (Å²) in [5.41, 5.74) is 1.23. The first kappa shape index (κ1) is 23.6. The van der Waals surface area contributed by atoms with Crippen LogP contribution in [0, 0.1) is 5.82 Å². The van der Waals surface area contributed by atoms with Gasteiger partial charge in [-0.1, -0.05) is 66.7 Å². The molecule has 0 atom stereocenters. The van der Waals surface area contributed by atoms with E-state index in [2.05, 4.69) is 0 Å². The van der Waals surface area contributed by atoms with Crippen molar-refractivity contribution in [1.82, 2.24) is 4.90 Å². The molecule has 1 fully saturated rings. The van der Waals surface area contributed by atoms with Crippen molar-refractivity contribution in [2.75, 3.05) is 13.2 Å². The zero-order valence-corrected chi connectivity index (χ0v) is 20.0. The highest BCUT2D eigenvalue weighted by Gasteiger charge is 2.34. The molecule has 0 bridgehead atoms. The normalized spacial score (nSPS) is 14.6.